The predicted molar refractivity (Wildman–Crippen MR) is 171 cm³/mol. The molecule has 0 aliphatic heterocycles. The smallest absolute Gasteiger partial charge is 0.328 e. The average molecular weight is 607 g/mol. The fourth-order valence-corrected chi connectivity index (χ4v) is 4.36. The zero-order valence-corrected chi connectivity index (χ0v) is 26.7. The Labute approximate surface area is 259 Å². The lowest BCUT2D eigenvalue weighted by Crippen LogP contribution is -2.47. The van der Waals surface area contributed by atoms with Crippen LogP contribution < -0.4 is 10.6 Å². The molecule has 2 amide bonds. The summed E-state index contributed by atoms with van der Waals surface area (Å²) in [5, 5.41) is 22.4. The number of carboxylic acids is 1. The van der Waals surface area contributed by atoms with Gasteiger partial charge in [0, 0.05) is 12.8 Å². The largest absolute Gasteiger partial charge is 0.480 e. The number of carbonyl (C=O) groups excluding carboxylic acids is 3. The molecule has 0 saturated heterocycles. The van der Waals surface area contributed by atoms with Gasteiger partial charge in [-0.1, -0.05) is 88.8 Å². The van der Waals surface area contributed by atoms with E-state index < -0.39 is 24.5 Å². The molecule has 2 unspecified atom stereocenters. The van der Waals surface area contributed by atoms with Gasteiger partial charge in [-0.25, -0.2) is 4.79 Å². The first-order valence-electron chi connectivity index (χ1n) is 16.4. The Kier molecular flexibility index (Phi) is 27.2. The SMILES string of the molecule is CC/C=C\C/C=C\C/C=C\CCCCCCCC(=O)OC(CCCC)CCCCCC(=O)NCC(=O)NC(CO)C(=O)O. The Hall–Kier alpha value is -2.94. The minimum absolute atomic E-state index is 0.0897. The van der Waals surface area contributed by atoms with Gasteiger partial charge in [-0.2, -0.15) is 0 Å². The number of unbranched alkanes of at least 4 members (excludes halogenated alkanes) is 8. The van der Waals surface area contributed by atoms with Crippen molar-refractivity contribution in [3.63, 3.8) is 0 Å². The van der Waals surface area contributed by atoms with Gasteiger partial charge >= 0.3 is 11.9 Å². The Morgan fingerprint density at radius 2 is 1.33 bits per heavy atom. The van der Waals surface area contributed by atoms with Crippen LogP contribution in [-0.2, 0) is 23.9 Å². The molecule has 0 spiro atoms. The monoisotopic (exact) mass is 606 g/mol. The van der Waals surface area contributed by atoms with Crippen molar-refractivity contribution in [3.8, 4) is 0 Å². The molecular weight excluding hydrogens is 548 g/mol. The first-order chi connectivity index (χ1) is 20.8. The topological polar surface area (TPSA) is 142 Å². The predicted octanol–water partition coefficient (Wildman–Crippen LogP) is 6.31. The molecule has 0 fully saturated rings. The first-order valence-corrected chi connectivity index (χ1v) is 16.4. The summed E-state index contributed by atoms with van der Waals surface area (Å²) in [5.41, 5.74) is 0. The molecule has 0 aliphatic carbocycles. The van der Waals surface area contributed by atoms with Crippen LogP contribution in [0, 0.1) is 0 Å². The molecule has 0 heterocycles. The Morgan fingerprint density at radius 1 is 0.721 bits per heavy atom. The van der Waals surface area contributed by atoms with Crippen LogP contribution in [0.25, 0.3) is 0 Å². The van der Waals surface area contributed by atoms with Crippen molar-refractivity contribution in [2.75, 3.05) is 13.2 Å². The quantitative estimate of drug-likeness (QED) is 0.0465. The van der Waals surface area contributed by atoms with Gasteiger partial charge in [-0.05, 0) is 64.2 Å². The van der Waals surface area contributed by atoms with Gasteiger partial charge < -0.3 is 25.6 Å². The van der Waals surface area contributed by atoms with E-state index in [-0.39, 0.29) is 30.9 Å². The highest BCUT2D eigenvalue weighted by molar-refractivity contribution is 5.87. The molecule has 9 heteroatoms. The molecule has 43 heavy (non-hydrogen) atoms. The summed E-state index contributed by atoms with van der Waals surface area (Å²) in [6.45, 7) is 3.19. The van der Waals surface area contributed by atoms with Crippen molar-refractivity contribution in [3.05, 3.63) is 36.5 Å². The number of hydrogen-bond acceptors (Lipinski definition) is 6. The summed E-state index contributed by atoms with van der Waals surface area (Å²) in [7, 11) is 0. The number of esters is 1. The summed E-state index contributed by atoms with van der Waals surface area (Å²) < 4.78 is 5.78. The van der Waals surface area contributed by atoms with E-state index in [4.69, 9.17) is 14.9 Å². The molecule has 0 aromatic rings. The number of carbonyl (C=O) groups is 4. The van der Waals surface area contributed by atoms with Crippen molar-refractivity contribution in [1.82, 2.24) is 10.6 Å². The summed E-state index contributed by atoms with van der Waals surface area (Å²) >= 11 is 0. The maximum Gasteiger partial charge on any atom is 0.328 e. The van der Waals surface area contributed by atoms with E-state index in [9.17, 15) is 19.2 Å². The van der Waals surface area contributed by atoms with Gasteiger partial charge in [0.05, 0.1) is 13.2 Å². The number of carboxylic acid groups (broad SMARTS) is 1. The van der Waals surface area contributed by atoms with Gasteiger partial charge in [0.25, 0.3) is 0 Å². The summed E-state index contributed by atoms with van der Waals surface area (Å²) in [6, 6.07) is -1.39. The van der Waals surface area contributed by atoms with E-state index in [1.807, 2.05) is 0 Å². The molecule has 0 rings (SSSR count). The highest BCUT2D eigenvalue weighted by Crippen LogP contribution is 2.16. The number of aliphatic carboxylic acids is 1. The van der Waals surface area contributed by atoms with Crippen LogP contribution >= 0.6 is 0 Å². The normalized spacial score (nSPS) is 13.0. The van der Waals surface area contributed by atoms with Crippen LogP contribution in [0.4, 0.5) is 0 Å². The lowest BCUT2D eigenvalue weighted by molar-refractivity contribution is -0.150. The second kappa shape index (κ2) is 29.1. The van der Waals surface area contributed by atoms with Crippen LogP contribution in [0.15, 0.2) is 36.5 Å². The fraction of sp³-hybridized carbons (Fsp3) is 0.706. The number of aliphatic hydroxyl groups is 1. The van der Waals surface area contributed by atoms with Crippen molar-refractivity contribution in [1.29, 1.82) is 0 Å². The zero-order chi connectivity index (χ0) is 32.0. The number of nitrogens with one attached hydrogen (secondary N) is 2. The van der Waals surface area contributed by atoms with E-state index in [2.05, 4.69) is 60.9 Å². The second-order valence-corrected chi connectivity index (χ2v) is 10.9. The third-order valence-electron chi connectivity index (χ3n) is 6.90. The van der Waals surface area contributed by atoms with Crippen molar-refractivity contribution in [2.24, 2.45) is 0 Å². The highest BCUT2D eigenvalue weighted by atomic mass is 16.5. The Bertz CT molecular complexity index is 839. The van der Waals surface area contributed by atoms with E-state index in [1.54, 1.807) is 0 Å². The number of aliphatic hydroxyl groups excluding tert-OH is 1. The number of allylic oxidation sites excluding steroid dienone is 6. The molecule has 0 radical (unpaired) electrons. The molecule has 0 bridgehead atoms. The van der Waals surface area contributed by atoms with Crippen LogP contribution in [0.1, 0.15) is 129 Å². The lowest BCUT2D eigenvalue weighted by atomic mass is 10.0. The molecule has 0 aromatic carbocycles. The minimum Gasteiger partial charge on any atom is -0.480 e. The minimum atomic E-state index is -1.39. The number of ether oxygens (including phenoxy) is 1. The maximum absolute atomic E-state index is 12.4. The summed E-state index contributed by atoms with van der Waals surface area (Å²) in [4.78, 5) is 46.9. The van der Waals surface area contributed by atoms with Crippen molar-refractivity contribution < 1.29 is 34.1 Å². The molecule has 4 N–H and O–H groups in total. The van der Waals surface area contributed by atoms with Crippen LogP contribution in [-0.4, -0.2) is 59.3 Å². The van der Waals surface area contributed by atoms with Crippen LogP contribution in [0.2, 0.25) is 0 Å². The van der Waals surface area contributed by atoms with Crippen LogP contribution in [0.3, 0.4) is 0 Å². The third kappa shape index (κ3) is 26.4. The summed E-state index contributed by atoms with van der Waals surface area (Å²) in [5.74, 6) is -2.43. The van der Waals surface area contributed by atoms with Gasteiger partial charge in [0.2, 0.25) is 11.8 Å². The molecule has 0 saturated carbocycles. The fourth-order valence-electron chi connectivity index (χ4n) is 4.36. The van der Waals surface area contributed by atoms with E-state index >= 15 is 0 Å². The van der Waals surface area contributed by atoms with Gasteiger partial charge in [-0.15, -0.1) is 0 Å². The molecular formula is C34H58N2O7. The van der Waals surface area contributed by atoms with Gasteiger partial charge in [0.15, 0.2) is 0 Å². The zero-order valence-electron chi connectivity index (χ0n) is 26.7. The van der Waals surface area contributed by atoms with Crippen molar-refractivity contribution >= 4 is 23.8 Å². The standard InChI is InChI=1S/C34H58N2O7/c1-3-5-7-8-9-10-11-12-13-14-15-16-17-18-22-26-33(40)43-29(23-6-4-2)24-20-19-21-25-31(38)35-27-32(39)36-30(28-37)34(41)42/h5,7,9-10,12-13,29-30,37H,3-4,6,8,11,14-28H2,1-2H3,(H,35,38)(H,36,39)(H,41,42)/b7-5-,10-9-,13-12-. The van der Waals surface area contributed by atoms with Gasteiger partial charge in [-0.3, -0.25) is 14.4 Å². The van der Waals surface area contributed by atoms with E-state index in [0.29, 0.717) is 12.8 Å². The third-order valence-corrected chi connectivity index (χ3v) is 6.90. The average Bonchev–Trinajstić information content (AvgIpc) is 2.98. The molecule has 0 aliphatic rings. The molecule has 0 aromatic heterocycles. The second-order valence-electron chi connectivity index (χ2n) is 10.9. The van der Waals surface area contributed by atoms with E-state index in [1.165, 1.54) is 12.8 Å². The Balaban J connectivity index is 3.97. The molecule has 246 valence electrons. The number of rotatable bonds is 28. The first kappa shape index (κ1) is 40.1. The molecule has 9 nitrogen and oxygen atoms in total. The van der Waals surface area contributed by atoms with E-state index in [0.717, 1.165) is 83.5 Å². The van der Waals surface area contributed by atoms with Crippen molar-refractivity contribution in [2.45, 2.75) is 142 Å². The van der Waals surface area contributed by atoms with Crippen LogP contribution in [0.5, 0.6) is 0 Å². The molecule has 2 atom stereocenters. The van der Waals surface area contributed by atoms with Gasteiger partial charge in [0.1, 0.15) is 12.1 Å². The highest BCUT2D eigenvalue weighted by Gasteiger charge is 2.19. The summed E-state index contributed by atoms with van der Waals surface area (Å²) in [6.07, 6.45) is 29.4. The number of amides is 2. The lowest BCUT2D eigenvalue weighted by Gasteiger charge is -2.18. The Morgan fingerprint density at radius 3 is 2.00 bits per heavy atom. The number of hydrogen-bond donors (Lipinski definition) is 4. The maximum atomic E-state index is 12.4.